The first-order valence-electron chi connectivity index (χ1n) is 7.19. The maximum atomic E-state index is 5.78. The standard InChI is InChI=1S/C14H26N4O/c1-12(15-2)10-13-11-16-14(19-13)4-5-18-8-6-17(3)7-9-18/h11-12,15H,4-10H2,1-3H3. The third-order valence-electron chi connectivity index (χ3n) is 3.84. The van der Waals surface area contributed by atoms with Gasteiger partial charge in [0.25, 0.3) is 0 Å². The van der Waals surface area contributed by atoms with Gasteiger partial charge in [-0.2, -0.15) is 0 Å². The number of oxazole rings is 1. The Morgan fingerprint density at radius 2 is 2.11 bits per heavy atom. The zero-order valence-electron chi connectivity index (χ0n) is 12.4. The van der Waals surface area contributed by atoms with Crippen molar-refractivity contribution in [1.29, 1.82) is 0 Å². The largest absolute Gasteiger partial charge is 0.446 e. The highest BCUT2D eigenvalue weighted by Gasteiger charge is 2.14. The molecule has 0 bridgehead atoms. The molecule has 1 aromatic rings. The minimum atomic E-state index is 0.429. The summed E-state index contributed by atoms with van der Waals surface area (Å²) >= 11 is 0. The lowest BCUT2D eigenvalue weighted by Gasteiger charge is -2.31. The van der Waals surface area contributed by atoms with Crippen molar-refractivity contribution in [3.8, 4) is 0 Å². The average Bonchev–Trinajstić information content (AvgIpc) is 2.85. The quantitative estimate of drug-likeness (QED) is 0.817. The van der Waals surface area contributed by atoms with Gasteiger partial charge in [0, 0.05) is 51.6 Å². The molecule has 0 aromatic carbocycles. The van der Waals surface area contributed by atoms with Crippen LogP contribution in [0.15, 0.2) is 10.6 Å². The summed E-state index contributed by atoms with van der Waals surface area (Å²) in [4.78, 5) is 9.23. The molecule has 2 heterocycles. The molecule has 1 aliphatic rings. The number of rotatable bonds is 6. The fourth-order valence-electron chi connectivity index (χ4n) is 2.29. The average molecular weight is 266 g/mol. The highest BCUT2D eigenvalue weighted by molar-refractivity contribution is 4.97. The van der Waals surface area contributed by atoms with Crippen LogP contribution in [0.1, 0.15) is 18.6 Å². The monoisotopic (exact) mass is 266 g/mol. The zero-order valence-corrected chi connectivity index (χ0v) is 12.4. The van der Waals surface area contributed by atoms with Crippen LogP contribution in [-0.2, 0) is 12.8 Å². The van der Waals surface area contributed by atoms with Crippen molar-refractivity contribution < 1.29 is 4.42 Å². The van der Waals surface area contributed by atoms with Gasteiger partial charge in [-0.1, -0.05) is 0 Å². The summed E-state index contributed by atoms with van der Waals surface area (Å²) in [7, 11) is 4.15. The Kier molecular flexibility index (Phi) is 5.36. The zero-order chi connectivity index (χ0) is 13.7. The maximum absolute atomic E-state index is 5.78. The van der Waals surface area contributed by atoms with Crippen LogP contribution in [0, 0.1) is 0 Å². The Labute approximate surface area is 116 Å². The Balaban J connectivity index is 1.74. The molecule has 0 aliphatic carbocycles. The molecule has 19 heavy (non-hydrogen) atoms. The normalized spacial score (nSPS) is 19.7. The van der Waals surface area contributed by atoms with Crippen molar-refractivity contribution in [3.05, 3.63) is 17.8 Å². The number of piperazine rings is 1. The molecule has 1 N–H and O–H groups in total. The van der Waals surface area contributed by atoms with E-state index in [1.807, 2.05) is 13.2 Å². The van der Waals surface area contributed by atoms with Crippen molar-refractivity contribution in [2.75, 3.05) is 46.8 Å². The SMILES string of the molecule is CNC(C)Cc1cnc(CCN2CCN(C)CC2)o1. The molecule has 0 saturated carbocycles. The molecule has 108 valence electrons. The number of nitrogens with zero attached hydrogens (tertiary/aromatic N) is 3. The van der Waals surface area contributed by atoms with Gasteiger partial charge in [-0.3, -0.25) is 0 Å². The van der Waals surface area contributed by atoms with E-state index >= 15 is 0 Å². The molecule has 2 rings (SSSR count). The van der Waals surface area contributed by atoms with E-state index in [0.29, 0.717) is 6.04 Å². The van der Waals surface area contributed by atoms with Crippen LogP contribution < -0.4 is 5.32 Å². The first-order valence-corrected chi connectivity index (χ1v) is 7.19. The molecular weight excluding hydrogens is 240 g/mol. The van der Waals surface area contributed by atoms with Crippen molar-refractivity contribution in [1.82, 2.24) is 20.1 Å². The van der Waals surface area contributed by atoms with Crippen LogP contribution in [0.2, 0.25) is 0 Å². The summed E-state index contributed by atoms with van der Waals surface area (Å²) in [6.45, 7) is 7.83. The second-order valence-corrected chi connectivity index (χ2v) is 5.51. The van der Waals surface area contributed by atoms with Crippen molar-refractivity contribution in [3.63, 3.8) is 0 Å². The van der Waals surface area contributed by atoms with E-state index in [-0.39, 0.29) is 0 Å². The molecule has 1 unspecified atom stereocenters. The third kappa shape index (κ3) is 4.60. The van der Waals surface area contributed by atoms with Crippen molar-refractivity contribution >= 4 is 0 Å². The second-order valence-electron chi connectivity index (χ2n) is 5.51. The summed E-state index contributed by atoms with van der Waals surface area (Å²) < 4.78 is 5.78. The third-order valence-corrected chi connectivity index (χ3v) is 3.84. The van der Waals surface area contributed by atoms with E-state index in [9.17, 15) is 0 Å². The van der Waals surface area contributed by atoms with E-state index < -0.39 is 0 Å². The number of aromatic nitrogens is 1. The summed E-state index contributed by atoms with van der Waals surface area (Å²) in [6.07, 6.45) is 3.68. The molecular formula is C14H26N4O. The van der Waals surface area contributed by atoms with Gasteiger partial charge in [-0.05, 0) is 21.0 Å². The van der Waals surface area contributed by atoms with Crippen molar-refractivity contribution in [2.24, 2.45) is 0 Å². The van der Waals surface area contributed by atoms with Gasteiger partial charge in [0.1, 0.15) is 5.76 Å². The first-order chi connectivity index (χ1) is 9.17. The molecule has 0 spiro atoms. The highest BCUT2D eigenvalue weighted by Crippen LogP contribution is 2.08. The van der Waals surface area contributed by atoms with Crippen LogP contribution in [-0.4, -0.2) is 67.6 Å². The fraction of sp³-hybridized carbons (Fsp3) is 0.786. The second kappa shape index (κ2) is 7.03. The van der Waals surface area contributed by atoms with Crippen LogP contribution in [0.25, 0.3) is 0 Å². The Morgan fingerprint density at radius 3 is 2.79 bits per heavy atom. The van der Waals surface area contributed by atoms with Crippen molar-refractivity contribution in [2.45, 2.75) is 25.8 Å². The lowest BCUT2D eigenvalue weighted by Crippen LogP contribution is -2.45. The van der Waals surface area contributed by atoms with Crippen LogP contribution in [0.3, 0.4) is 0 Å². The summed E-state index contributed by atoms with van der Waals surface area (Å²) in [5.74, 6) is 1.85. The van der Waals surface area contributed by atoms with Gasteiger partial charge in [0.15, 0.2) is 5.89 Å². The fourth-order valence-corrected chi connectivity index (χ4v) is 2.29. The molecule has 1 saturated heterocycles. The van der Waals surface area contributed by atoms with E-state index in [1.165, 1.54) is 0 Å². The lowest BCUT2D eigenvalue weighted by molar-refractivity contribution is 0.153. The van der Waals surface area contributed by atoms with Gasteiger partial charge < -0.3 is 19.5 Å². The van der Waals surface area contributed by atoms with Gasteiger partial charge in [0.2, 0.25) is 0 Å². The Morgan fingerprint density at radius 1 is 1.37 bits per heavy atom. The minimum absolute atomic E-state index is 0.429. The van der Waals surface area contributed by atoms with Gasteiger partial charge in [-0.25, -0.2) is 4.98 Å². The van der Waals surface area contributed by atoms with Crippen LogP contribution in [0.5, 0.6) is 0 Å². The molecule has 0 radical (unpaired) electrons. The molecule has 5 nitrogen and oxygen atoms in total. The molecule has 1 aliphatic heterocycles. The number of hydrogen-bond donors (Lipinski definition) is 1. The highest BCUT2D eigenvalue weighted by atomic mass is 16.4. The minimum Gasteiger partial charge on any atom is -0.446 e. The predicted molar refractivity (Wildman–Crippen MR) is 76.4 cm³/mol. The summed E-state index contributed by atoms with van der Waals surface area (Å²) in [5, 5.41) is 3.21. The van der Waals surface area contributed by atoms with Crippen LogP contribution in [0.4, 0.5) is 0 Å². The molecule has 1 fully saturated rings. The van der Waals surface area contributed by atoms with E-state index in [1.54, 1.807) is 0 Å². The Hall–Kier alpha value is -0.910. The van der Waals surface area contributed by atoms with Gasteiger partial charge in [-0.15, -0.1) is 0 Å². The molecule has 0 amide bonds. The lowest BCUT2D eigenvalue weighted by atomic mass is 10.2. The summed E-state index contributed by atoms with van der Waals surface area (Å²) in [6, 6.07) is 0.429. The van der Waals surface area contributed by atoms with E-state index in [4.69, 9.17) is 4.42 Å². The maximum Gasteiger partial charge on any atom is 0.195 e. The number of likely N-dealkylation sites (N-methyl/N-ethyl adjacent to an activating group) is 2. The van der Waals surface area contributed by atoms with Crippen LogP contribution >= 0.6 is 0 Å². The number of nitrogens with one attached hydrogen (secondary N) is 1. The molecule has 1 atom stereocenters. The van der Waals surface area contributed by atoms with E-state index in [0.717, 1.165) is 57.2 Å². The Bertz CT molecular complexity index is 371. The topological polar surface area (TPSA) is 44.5 Å². The number of hydrogen-bond acceptors (Lipinski definition) is 5. The van der Waals surface area contributed by atoms with Gasteiger partial charge >= 0.3 is 0 Å². The van der Waals surface area contributed by atoms with E-state index in [2.05, 4.69) is 34.1 Å². The van der Waals surface area contributed by atoms with Gasteiger partial charge in [0.05, 0.1) is 6.20 Å². The molecule has 5 heteroatoms. The predicted octanol–water partition coefficient (Wildman–Crippen LogP) is 0.615. The smallest absolute Gasteiger partial charge is 0.195 e. The summed E-state index contributed by atoms with van der Waals surface area (Å²) in [5.41, 5.74) is 0. The molecule has 1 aromatic heterocycles. The first kappa shape index (κ1) is 14.5.